The quantitative estimate of drug-likeness (QED) is 0.631. The van der Waals surface area contributed by atoms with E-state index in [9.17, 15) is 4.79 Å². The molecule has 0 saturated heterocycles. The Morgan fingerprint density at radius 2 is 1.58 bits per heavy atom. The van der Waals surface area contributed by atoms with Gasteiger partial charge in [0.05, 0.1) is 5.56 Å². The van der Waals surface area contributed by atoms with E-state index in [0.29, 0.717) is 10.6 Å². The molecule has 1 unspecified atom stereocenters. The molecular formula is C22H19ClN2O. The number of carbonyl (C=O) groups is 1. The normalized spacial score (nSPS) is 16.2. The van der Waals surface area contributed by atoms with Gasteiger partial charge in [-0.15, -0.1) is 0 Å². The van der Waals surface area contributed by atoms with Crippen LogP contribution < -0.4 is 10.2 Å². The molecule has 0 radical (unpaired) electrons. The van der Waals surface area contributed by atoms with Crippen LogP contribution >= 0.6 is 11.6 Å². The Morgan fingerprint density at radius 3 is 2.31 bits per heavy atom. The number of fused-ring (bicyclic) bond motifs is 1. The average molecular weight is 363 g/mol. The maximum atomic E-state index is 13.4. The molecule has 0 saturated carbocycles. The number of aryl methyl sites for hydroxylation is 2. The van der Waals surface area contributed by atoms with Crippen LogP contribution in [0.2, 0.25) is 5.02 Å². The molecule has 1 N–H and O–H groups in total. The van der Waals surface area contributed by atoms with Gasteiger partial charge in [0.15, 0.2) is 0 Å². The number of rotatable bonds is 2. The van der Waals surface area contributed by atoms with Crippen LogP contribution in [0.15, 0.2) is 66.7 Å². The minimum atomic E-state index is -0.368. The first-order valence-electron chi connectivity index (χ1n) is 8.56. The Balaban J connectivity index is 1.92. The van der Waals surface area contributed by atoms with Gasteiger partial charge >= 0.3 is 0 Å². The predicted octanol–water partition coefficient (Wildman–Crippen LogP) is 5.73. The molecule has 0 bridgehead atoms. The zero-order chi connectivity index (χ0) is 18.3. The second-order valence-electron chi connectivity index (χ2n) is 6.64. The highest BCUT2D eigenvalue weighted by atomic mass is 35.5. The van der Waals surface area contributed by atoms with Crippen LogP contribution in [-0.4, -0.2) is 5.91 Å². The summed E-state index contributed by atoms with van der Waals surface area (Å²) in [6, 6.07) is 21.4. The lowest BCUT2D eigenvalue weighted by atomic mass is 10.0. The van der Waals surface area contributed by atoms with Crippen molar-refractivity contribution in [3.63, 3.8) is 0 Å². The van der Waals surface area contributed by atoms with Crippen molar-refractivity contribution in [2.24, 2.45) is 0 Å². The fourth-order valence-electron chi connectivity index (χ4n) is 3.52. The number of anilines is 2. The van der Waals surface area contributed by atoms with Crippen molar-refractivity contribution < 1.29 is 4.79 Å². The lowest BCUT2D eigenvalue weighted by Crippen LogP contribution is -2.43. The Bertz CT molecular complexity index is 979. The Hall–Kier alpha value is -2.78. The van der Waals surface area contributed by atoms with Crippen molar-refractivity contribution in [1.82, 2.24) is 0 Å². The molecule has 1 aliphatic rings. The van der Waals surface area contributed by atoms with E-state index in [-0.39, 0.29) is 12.1 Å². The summed E-state index contributed by atoms with van der Waals surface area (Å²) in [5.41, 5.74) is 5.45. The first-order valence-corrected chi connectivity index (χ1v) is 8.94. The minimum Gasteiger partial charge on any atom is -0.360 e. The molecule has 0 aliphatic carbocycles. The molecule has 4 heteroatoms. The highest BCUT2D eigenvalue weighted by Crippen LogP contribution is 2.39. The number of amides is 1. The summed E-state index contributed by atoms with van der Waals surface area (Å²) in [5.74, 6) is -0.0331. The fourth-order valence-corrected chi connectivity index (χ4v) is 3.76. The van der Waals surface area contributed by atoms with E-state index in [0.717, 1.165) is 28.1 Å². The van der Waals surface area contributed by atoms with Crippen molar-refractivity contribution in [2.45, 2.75) is 20.0 Å². The van der Waals surface area contributed by atoms with Gasteiger partial charge in [0.1, 0.15) is 6.17 Å². The molecule has 0 aromatic heterocycles. The first-order chi connectivity index (χ1) is 12.5. The van der Waals surface area contributed by atoms with Gasteiger partial charge in [-0.25, -0.2) is 0 Å². The van der Waals surface area contributed by atoms with Crippen molar-refractivity contribution in [2.75, 3.05) is 10.2 Å². The first kappa shape index (κ1) is 16.7. The monoisotopic (exact) mass is 362 g/mol. The van der Waals surface area contributed by atoms with Crippen molar-refractivity contribution in [1.29, 1.82) is 0 Å². The molecule has 1 aliphatic heterocycles. The second kappa shape index (κ2) is 6.50. The number of para-hydroxylation sites is 1. The van der Waals surface area contributed by atoms with E-state index >= 15 is 0 Å². The third-order valence-corrected chi connectivity index (χ3v) is 4.96. The minimum absolute atomic E-state index is 0.0331. The Labute approximate surface area is 158 Å². The van der Waals surface area contributed by atoms with Crippen LogP contribution in [0.5, 0.6) is 0 Å². The van der Waals surface area contributed by atoms with E-state index in [1.54, 1.807) is 4.90 Å². The largest absolute Gasteiger partial charge is 0.360 e. The van der Waals surface area contributed by atoms with Crippen molar-refractivity contribution >= 4 is 28.9 Å². The summed E-state index contributed by atoms with van der Waals surface area (Å²) in [5, 5.41) is 4.12. The summed E-state index contributed by atoms with van der Waals surface area (Å²) in [4.78, 5) is 15.2. The molecule has 1 heterocycles. The third-order valence-electron chi connectivity index (χ3n) is 4.61. The molecule has 3 aromatic carbocycles. The Kier molecular flexibility index (Phi) is 4.17. The Morgan fingerprint density at radius 1 is 0.923 bits per heavy atom. The van der Waals surface area contributed by atoms with Gasteiger partial charge in [-0.1, -0.05) is 48.0 Å². The van der Waals surface area contributed by atoms with Crippen LogP contribution in [0.1, 0.15) is 33.2 Å². The second-order valence-corrected chi connectivity index (χ2v) is 7.04. The zero-order valence-electron chi connectivity index (χ0n) is 14.7. The van der Waals surface area contributed by atoms with Gasteiger partial charge in [-0.3, -0.25) is 9.69 Å². The summed E-state index contributed by atoms with van der Waals surface area (Å²) in [7, 11) is 0. The van der Waals surface area contributed by atoms with Crippen LogP contribution in [0, 0.1) is 13.8 Å². The maximum Gasteiger partial charge on any atom is 0.262 e. The van der Waals surface area contributed by atoms with E-state index < -0.39 is 0 Å². The van der Waals surface area contributed by atoms with Crippen LogP contribution in [0.25, 0.3) is 0 Å². The van der Waals surface area contributed by atoms with Crippen molar-refractivity contribution in [3.8, 4) is 0 Å². The molecule has 1 atom stereocenters. The molecular weight excluding hydrogens is 344 g/mol. The van der Waals surface area contributed by atoms with E-state index in [4.69, 9.17) is 11.6 Å². The van der Waals surface area contributed by atoms with E-state index in [2.05, 4.69) is 11.4 Å². The lowest BCUT2D eigenvalue weighted by molar-refractivity contribution is 0.0975. The van der Waals surface area contributed by atoms with Gasteiger partial charge in [-0.2, -0.15) is 0 Å². The molecule has 3 nitrogen and oxygen atoms in total. The summed E-state index contributed by atoms with van der Waals surface area (Å²) in [6.45, 7) is 4.08. The molecule has 3 aromatic rings. The summed E-state index contributed by atoms with van der Waals surface area (Å²) in [6.07, 6.45) is -0.368. The molecule has 26 heavy (non-hydrogen) atoms. The number of carbonyl (C=O) groups excluding carboxylic acids is 1. The highest BCUT2D eigenvalue weighted by molar-refractivity contribution is 6.31. The summed E-state index contributed by atoms with van der Waals surface area (Å²) < 4.78 is 0. The van der Waals surface area contributed by atoms with Gasteiger partial charge < -0.3 is 5.32 Å². The van der Waals surface area contributed by atoms with E-state index in [1.807, 2.05) is 74.5 Å². The highest BCUT2D eigenvalue weighted by Gasteiger charge is 2.35. The fraction of sp³-hybridized carbons (Fsp3) is 0.136. The van der Waals surface area contributed by atoms with Gasteiger partial charge in [0, 0.05) is 22.0 Å². The maximum absolute atomic E-state index is 13.4. The number of halogens is 1. The van der Waals surface area contributed by atoms with Crippen molar-refractivity contribution in [3.05, 3.63) is 94.0 Å². The van der Waals surface area contributed by atoms with Crippen LogP contribution in [0.3, 0.4) is 0 Å². The molecule has 0 spiro atoms. The zero-order valence-corrected chi connectivity index (χ0v) is 15.4. The topological polar surface area (TPSA) is 32.3 Å². The summed E-state index contributed by atoms with van der Waals surface area (Å²) >= 11 is 6.47. The molecule has 1 amide bonds. The third kappa shape index (κ3) is 2.85. The van der Waals surface area contributed by atoms with Gasteiger partial charge in [0.25, 0.3) is 5.91 Å². The van der Waals surface area contributed by atoms with Crippen LogP contribution in [0.4, 0.5) is 11.4 Å². The predicted molar refractivity (Wildman–Crippen MR) is 107 cm³/mol. The number of hydrogen-bond donors (Lipinski definition) is 1. The lowest BCUT2D eigenvalue weighted by Gasteiger charge is -2.38. The molecule has 130 valence electrons. The molecule has 0 fully saturated rings. The number of hydrogen-bond acceptors (Lipinski definition) is 2. The standard InChI is InChI=1S/C22H19ClN2O/c1-14-11-15(2)13-16(12-14)25-21(17-7-3-5-9-19(17)23)24-20-10-6-4-8-18(20)22(25)26/h3-13,21,24H,1-2H3. The molecule has 4 rings (SSSR count). The SMILES string of the molecule is Cc1cc(C)cc(N2C(=O)c3ccccc3NC2c2ccccc2Cl)c1. The smallest absolute Gasteiger partial charge is 0.262 e. The number of nitrogens with one attached hydrogen (secondary N) is 1. The van der Waals surface area contributed by atoms with Gasteiger partial charge in [0.2, 0.25) is 0 Å². The number of benzene rings is 3. The van der Waals surface area contributed by atoms with Crippen LogP contribution in [-0.2, 0) is 0 Å². The average Bonchev–Trinajstić information content (AvgIpc) is 2.61. The van der Waals surface area contributed by atoms with Gasteiger partial charge in [-0.05, 0) is 55.3 Å². The number of nitrogens with zero attached hydrogens (tertiary/aromatic N) is 1. The van der Waals surface area contributed by atoms with E-state index in [1.165, 1.54) is 0 Å².